The maximum Gasteiger partial charge on any atom is 0.273 e. The van der Waals surface area contributed by atoms with Gasteiger partial charge in [0, 0.05) is 18.2 Å². The van der Waals surface area contributed by atoms with Gasteiger partial charge in [0.2, 0.25) is 0 Å². The van der Waals surface area contributed by atoms with Crippen LogP contribution in [0.15, 0.2) is 65.2 Å². The normalized spacial score (nSPS) is 10.4. The highest BCUT2D eigenvalue weighted by molar-refractivity contribution is 5.93. The molecule has 0 atom stereocenters. The molecule has 0 aliphatic rings. The fourth-order valence-electron chi connectivity index (χ4n) is 2.21. The zero-order valence-electron chi connectivity index (χ0n) is 13.4. The number of hydrogen-bond acceptors (Lipinski definition) is 4. The summed E-state index contributed by atoms with van der Waals surface area (Å²) in [4.78, 5) is 12.0. The van der Waals surface area contributed by atoms with Crippen LogP contribution in [0.1, 0.15) is 16.9 Å². The largest absolute Gasteiger partial charge is 0.494 e. The molecule has 1 heterocycles. The molecule has 6 heteroatoms. The number of aromatic nitrogens is 1. The molecule has 2 aromatic carbocycles. The summed E-state index contributed by atoms with van der Waals surface area (Å²) < 4.78 is 23.4. The summed E-state index contributed by atoms with van der Waals surface area (Å²) >= 11 is 0. The Bertz CT molecular complexity index is 816. The second-order valence-corrected chi connectivity index (χ2v) is 5.35. The Morgan fingerprint density at radius 2 is 1.88 bits per heavy atom. The number of nitrogens with zero attached hydrogens (tertiary/aromatic N) is 1. The Morgan fingerprint density at radius 1 is 1.12 bits per heavy atom. The van der Waals surface area contributed by atoms with Crippen LogP contribution in [0.2, 0.25) is 0 Å². The maximum atomic E-state index is 12.8. The van der Waals surface area contributed by atoms with Crippen LogP contribution in [-0.4, -0.2) is 24.2 Å². The van der Waals surface area contributed by atoms with Gasteiger partial charge in [-0.05, 0) is 30.7 Å². The molecule has 0 aliphatic heterocycles. The van der Waals surface area contributed by atoms with E-state index in [9.17, 15) is 9.18 Å². The van der Waals surface area contributed by atoms with Crippen molar-refractivity contribution < 1.29 is 18.4 Å². The average Bonchev–Trinajstić information content (AvgIpc) is 3.14. The molecule has 5 nitrogen and oxygen atoms in total. The second-order valence-electron chi connectivity index (χ2n) is 5.35. The van der Waals surface area contributed by atoms with Crippen LogP contribution in [-0.2, 0) is 0 Å². The number of halogens is 1. The van der Waals surface area contributed by atoms with Gasteiger partial charge >= 0.3 is 0 Å². The summed E-state index contributed by atoms with van der Waals surface area (Å²) in [6, 6.07) is 16.9. The van der Waals surface area contributed by atoms with E-state index in [-0.39, 0.29) is 17.4 Å². The maximum absolute atomic E-state index is 12.8. The smallest absolute Gasteiger partial charge is 0.273 e. The van der Waals surface area contributed by atoms with E-state index in [4.69, 9.17) is 9.26 Å². The predicted octanol–water partition coefficient (Wildman–Crippen LogP) is 3.68. The van der Waals surface area contributed by atoms with Crippen molar-refractivity contribution in [2.24, 2.45) is 0 Å². The van der Waals surface area contributed by atoms with Gasteiger partial charge in [-0.3, -0.25) is 4.79 Å². The van der Waals surface area contributed by atoms with Crippen LogP contribution in [0.4, 0.5) is 4.39 Å². The van der Waals surface area contributed by atoms with Crippen LogP contribution >= 0.6 is 0 Å². The molecule has 0 saturated carbocycles. The Hall–Kier alpha value is -3.15. The highest BCUT2D eigenvalue weighted by Crippen LogP contribution is 2.19. The van der Waals surface area contributed by atoms with Gasteiger partial charge in [0.05, 0.1) is 6.61 Å². The molecule has 1 amide bonds. The van der Waals surface area contributed by atoms with E-state index in [0.717, 1.165) is 5.56 Å². The third-order valence-corrected chi connectivity index (χ3v) is 3.49. The van der Waals surface area contributed by atoms with Gasteiger partial charge in [-0.1, -0.05) is 35.5 Å². The summed E-state index contributed by atoms with van der Waals surface area (Å²) in [6.07, 6.45) is 0.618. The number of carbonyl (C=O) groups is 1. The van der Waals surface area contributed by atoms with Crippen molar-refractivity contribution in [3.05, 3.63) is 72.2 Å². The van der Waals surface area contributed by atoms with Crippen LogP contribution in [0.25, 0.3) is 11.3 Å². The zero-order valence-corrected chi connectivity index (χ0v) is 13.4. The number of ether oxygens (including phenoxy) is 1. The molecule has 0 bridgehead atoms. The second kappa shape index (κ2) is 8.10. The standard InChI is InChI=1S/C19H17FN2O3/c20-15-7-9-16(10-8-15)24-12-4-11-21-19(23)17-13-18(25-22-17)14-5-2-1-3-6-14/h1-3,5-10,13H,4,11-12H2,(H,21,23). The van der Waals surface area contributed by atoms with Crippen molar-refractivity contribution in [1.82, 2.24) is 10.5 Å². The summed E-state index contributed by atoms with van der Waals surface area (Å²) in [7, 11) is 0. The Morgan fingerprint density at radius 3 is 2.64 bits per heavy atom. The van der Waals surface area contributed by atoms with Crippen molar-refractivity contribution >= 4 is 5.91 Å². The van der Waals surface area contributed by atoms with Gasteiger partial charge in [-0.25, -0.2) is 4.39 Å². The van der Waals surface area contributed by atoms with Gasteiger partial charge < -0.3 is 14.6 Å². The van der Waals surface area contributed by atoms with Gasteiger partial charge in [-0.2, -0.15) is 0 Å². The molecule has 3 rings (SSSR count). The van der Waals surface area contributed by atoms with E-state index in [1.54, 1.807) is 18.2 Å². The Balaban J connectivity index is 1.42. The number of nitrogens with one attached hydrogen (secondary N) is 1. The number of benzene rings is 2. The quantitative estimate of drug-likeness (QED) is 0.667. The summed E-state index contributed by atoms with van der Waals surface area (Å²) in [6.45, 7) is 0.855. The minimum Gasteiger partial charge on any atom is -0.494 e. The third kappa shape index (κ3) is 4.67. The first-order valence-electron chi connectivity index (χ1n) is 7.91. The molecule has 0 aliphatic carbocycles. The molecule has 3 aromatic rings. The zero-order chi connectivity index (χ0) is 17.5. The minimum absolute atomic E-state index is 0.235. The lowest BCUT2D eigenvalue weighted by atomic mass is 10.1. The lowest BCUT2D eigenvalue weighted by molar-refractivity contribution is 0.0942. The molecule has 1 N–H and O–H groups in total. The van der Waals surface area contributed by atoms with Crippen LogP contribution in [0, 0.1) is 5.82 Å². The topological polar surface area (TPSA) is 64.4 Å². The SMILES string of the molecule is O=C(NCCCOc1ccc(F)cc1)c1cc(-c2ccccc2)on1. The average molecular weight is 340 g/mol. The van der Waals surface area contributed by atoms with E-state index in [0.29, 0.717) is 31.1 Å². The van der Waals surface area contributed by atoms with Crippen molar-refractivity contribution in [3.63, 3.8) is 0 Å². The van der Waals surface area contributed by atoms with Gasteiger partial charge in [-0.15, -0.1) is 0 Å². The van der Waals surface area contributed by atoms with Gasteiger partial charge in [0.1, 0.15) is 11.6 Å². The molecule has 0 saturated heterocycles. The van der Waals surface area contributed by atoms with E-state index >= 15 is 0 Å². The van der Waals surface area contributed by atoms with E-state index in [1.807, 2.05) is 30.3 Å². The molecule has 0 fully saturated rings. The lowest BCUT2D eigenvalue weighted by Gasteiger charge is -2.06. The van der Waals surface area contributed by atoms with Crippen molar-refractivity contribution in [3.8, 4) is 17.1 Å². The molecular formula is C19H17FN2O3. The summed E-state index contributed by atoms with van der Waals surface area (Å²) in [5.41, 5.74) is 1.10. The molecule has 0 spiro atoms. The number of carbonyl (C=O) groups excluding carboxylic acids is 1. The number of amides is 1. The van der Waals surface area contributed by atoms with E-state index in [2.05, 4.69) is 10.5 Å². The first-order chi connectivity index (χ1) is 12.2. The van der Waals surface area contributed by atoms with Crippen molar-refractivity contribution in [2.45, 2.75) is 6.42 Å². The fraction of sp³-hybridized carbons (Fsp3) is 0.158. The highest BCUT2D eigenvalue weighted by atomic mass is 19.1. The van der Waals surface area contributed by atoms with E-state index < -0.39 is 0 Å². The lowest BCUT2D eigenvalue weighted by Crippen LogP contribution is -2.25. The molecule has 0 unspecified atom stereocenters. The Labute approximate surface area is 144 Å². The minimum atomic E-state index is -0.304. The fourth-order valence-corrected chi connectivity index (χ4v) is 2.21. The molecule has 25 heavy (non-hydrogen) atoms. The highest BCUT2D eigenvalue weighted by Gasteiger charge is 2.12. The summed E-state index contributed by atoms with van der Waals surface area (Å²) in [5, 5.41) is 6.55. The van der Waals surface area contributed by atoms with Crippen molar-refractivity contribution in [1.29, 1.82) is 0 Å². The summed E-state index contributed by atoms with van der Waals surface area (Å²) in [5.74, 6) is 0.539. The molecule has 0 radical (unpaired) electrons. The monoisotopic (exact) mass is 340 g/mol. The molecule has 1 aromatic heterocycles. The predicted molar refractivity (Wildman–Crippen MR) is 90.8 cm³/mol. The van der Waals surface area contributed by atoms with Crippen LogP contribution < -0.4 is 10.1 Å². The van der Waals surface area contributed by atoms with E-state index in [1.165, 1.54) is 12.1 Å². The number of hydrogen-bond donors (Lipinski definition) is 1. The van der Waals surface area contributed by atoms with Gasteiger partial charge in [0.25, 0.3) is 5.91 Å². The first kappa shape index (κ1) is 16.7. The van der Waals surface area contributed by atoms with Crippen LogP contribution in [0.5, 0.6) is 5.75 Å². The molecular weight excluding hydrogens is 323 g/mol. The molecule has 128 valence electrons. The van der Waals surface area contributed by atoms with Crippen LogP contribution in [0.3, 0.4) is 0 Å². The van der Waals surface area contributed by atoms with Gasteiger partial charge in [0.15, 0.2) is 11.5 Å². The first-order valence-corrected chi connectivity index (χ1v) is 7.91. The third-order valence-electron chi connectivity index (χ3n) is 3.49. The van der Waals surface area contributed by atoms with Crippen molar-refractivity contribution in [2.75, 3.05) is 13.2 Å². The number of rotatable bonds is 7. The Kier molecular flexibility index (Phi) is 5.41.